The Morgan fingerprint density at radius 3 is 2.75 bits per heavy atom. The van der Waals surface area contributed by atoms with Gasteiger partial charge in [-0.3, -0.25) is 9.78 Å². The SMILES string of the molecule is CCCc1c[nH]c(=S)[nH]c1=O.[Mg]. The van der Waals surface area contributed by atoms with Crippen molar-refractivity contribution in [3.05, 3.63) is 26.9 Å². The molecule has 0 atom stereocenters. The van der Waals surface area contributed by atoms with Crippen molar-refractivity contribution in [2.45, 2.75) is 19.8 Å². The van der Waals surface area contributed by atoms with E-state index in [-0.39, 0.29) is 28.6 Å². The van der Waals surface area contributed by atoms with Crippen LogP contribution in [0.4, 0.5) is 0 Å². The van der Waals surface area contributed by atoms with Gasteiger partial charge in [0.15, 0.2) is 4.77 Å². The summed E-state index contributed by atoms with van der Waals surface area (Å²) in [5, 5.41) is 0. The third-order valence-electron chi connectivity index (χ3n) is 1.42. The number of aryl methyl sites for hydroxylation is 1. The summed E-state index contributed by atoms with van der Waals surface area (Å²) in [5.74, 6) is 0. The molecule has 3 nitrogen and oxygen atoms in total. The average Bonchev–Trinajstić information content (AvgIpc) is 1.95. The summed E-state index contributed by atoms with van der Waals surface area (Å²) in [6.07, 6.45) is 3.43. The molecule has 1 aromatic heterocycles. The molecule has 0 aliphatic heterocycles. The molecule has 5 heteroatoms. The van der Waals surface area contributed by atoms with E-state index in [4.69, 9.17) is 12.2 Å². The second-order valence-electron chi connectivity index (χ2n) is 2.35. The van der Waals surface area contributed by atoms with Gasteiger partial charge in [-0.15, -0.1) is 0 Å². The minimum atomic E-state index is -0.0735. The molecule has 0 aromatic carbocycles. The minimum absolute atomic E-state index is 0. The highest BCUT2D eigenvalue weighted by Gasteiger charge is 1.95. The molecule has 62 valence electrons. The van der Waals surface area contributed by atoms with Gasteiger partial charge in [0.1, 0.15) is 0 Å². The fourth-order valence-electron chi connectivity index (χ4n) is 0.893. The van der Waals surface area contributed by atoms with Crippen molar-refractivity contribution in [1.82, 2.24) is 9.97 Å². The maximum atomic E-state index is 11.1. The highest BCUT2D eigenvalue weighted by Crippen LogP contribution is 1.91. The first-order valence-corrected chi connectivity index (χ1v) is 3.95. The quantitative estimate of drug-likeness (QED) is 0.545. The number of rotatable bonds is 2. The van der Waals surface area contributed by atoms with Crippen LogP contribution in [0.3, 0.4) is 0 Å². The van der Waals surface area contributed by atoms with Crippen LogP contribution in [0.2, 0.25) is 0 Å². The average molecular weight is 195 g/mol. The number of aromatic amines is 2. The van der Waals surface area contributed by atoms with Crippen LogP contribution in [0.25, 0.3) is 0 Å². The Morgan fingerprint density at radius 2 is 2.25 bits per heavy atom. The molecular formula is C7H10MgN2OS. The zero-order valence-electron chi connectivity index (χ0n) is 7.02. The van der Waals surface area contributed by atoms with Crippen LogP contribution in [-0.4, -0.2) is 33.0 Å². The molecule has 1 aromatic rings. The van der Waals surface area contributed by atoms with Crippen molar-refractivity contribution in [2.75, 3.05) is 0 Å². The second kappa shape index (κ2) is 5.50. The Labute approximate surface area is 91.8 Å². The number of hydrogen-bond donors (Lipinski definition) is 2. The van der Waals surface area contributed by atoms with Gasteiger partial charge in [-0.05, 0) is 18.6 Å². The van der Waals surface area contributed by atoms with Crippen molar-refractivity contribution in [3.63, 3.8) is 0 Å². The number of hydrogen-bond acceptors (Lipinski definition) is 2. The van der Waals surface area contributed by atoms with E-state index >= 15 is 0 Å². The Kier molecular flexibility index (Phi) is 5.44. The maximum Gasteiger partial charge on any atom is 0.254 e. The molecule has 1 heterocycles. The second-order valence-corrected chi connectivity index (χ2v) is 2.76. The lowest BCUT2D eigenvalue weighted by molar-refractivity contribution is 0.880. The van der Waals surface area contributed by atoms with Crippen LogP contribution in [0.15, 0.2) is 11.0 Å². The molecule has 0 aliphatic rings. The van der Waals surface area contributed by atoms with Gasteiger partial charge in [-0.1, -0.05) is 13.3 Å². The zero-order chi connectivity index (χ0) is 8.27. The Morgan fingerprint density at radius 1 is 1.58 bits per heavy atom. The standard InChI is InChI=1S/C7H10N2OS.Mg/c1-2-3-5-4-8-7(11)9-6(5)10;/h4H,2-3H2,1H3,(H2,8,9,10,11);. The van der Waals surface area contributed by atoms with Crippen LogP contribution >= 0.6 is 12.2 Å². The molecule has 0 spiro atoms. The van der Waals surface area contributed by atoms with Crippen molar-refractivity contribution in [2.24, 2.45) is 0 Å². The monoisotopic (exact) mass is 194 g/mol. The Hall–Kier alpha value is -0.134. The molecule has 0 fully saturated rings. The third-order valence-corrected chi connectivity index (χ3v) is 1.64. The molecule has 0 amide bonds. The lowest BCUT2D eigenvalue weighted by Gasteiger charge is -1.94. The van der Waals surface area contributed by atoms with E-state index in [1.807, 2.05) is 6.92 Å². The highest BCUT2D eigenvalue weighted by atomic mass is 32.1. The molecule has 0 aliphatic carbocycles. The van der Waals surface area contributed by atoms with E-state index < -0.39 is 0 Å². The van der Waals surface area contributed by atoms with Crippen molar-refractivity contribution in [1.29, 1.82) is 0 Å². The zero-order valence-corrected chi connectivity index (χ0v) is 9.25. The summed E-state index contributed by atoms with van der Waals surface area (Å²) < 4.78 is 0.384. The number of nitrogens with one attached hydrogen (secondary N) is 2. The van der Waals surface area contributed by atoms with Gasteiger partial charge >= 0.3 is 0 Å². The van der Waals surface area contributed by atoms with E-state index in [1.54, 1.807) is 6.20 Å². The first-order chi connectivity index (χ1) is 5.24. The predicted molar refractivity (Wildman–Crippen MR) is 52.0 cm³/mol. The largest absolute Gasteiger partial charge is 0.338 e. The first kappa shape index (κ1) is 11.9. The molecule has 0 saturated heterocycles. The smallest absolute Gasteiger partial charge is 0.254 e. The van der Waals surface area contributed by atoms with Crippen LogP contribution in [0.1, 0.15) is 18.9 Å². The van der Waals surface area contributed by atoms with Crippen LogP contribution in [-0.2, 0) is 6.42 Å². The normalized spacial score (nSPS) is 9.08. The van der Waals surface area contributed by atoms with Gasteiger partial charge in [-0.2, -0.15) is 0 Å². The molecule has 2 N–H and O–H groups in total. The van der Waals surface area contributed by atoms with Gasteiger partial charge in [0.2, 0.25) is 0 Å². The minimum Gasteiger partial charge on any atom is -0.338 e. The summed E-state index contributed by atoms with van der Waals surface area (Å²) >= 11 is 4.73. The first-order valence-electron chi connectivity index (χ1n) is 3.55. The van der Waals surface area contributed by atoms with Crippen molar-refractivity contribution in [3.8, 4) is 0 Å². The number of aromatic nitrogens is 2. The summed E-state index contributed by atoms with van der Waals surface area (Å²) in [5.41, 5.74) is 0.691. The van der Waals surface area contributed by atoms with Crippen molar-refractivity contribution < 1.29 is 0 Å². The van der Waals surface area contributed by atoms with Crippen LogP contribution in [0.5, 0.6) is 0 Å². The lowest BCUT2D eigenvalue weighted by atomic mass is 10.2. The molecule has 0 saturated carbocycles. The van der Waals surface area contributed by atoms with E-state index in [9.17, 15) is 4.79 Å². The van der Waals surface area contributed by atoms with Crippen LogP contribution < -0.4 is 5.56 Å². The molecule has 0 unspecified atom stereocenters. The Bertz CT molecular complexity index is 344. The topological polar surface area (TPSA) is 48.6 Å². The predicted octanol–water partition coefficient (Wildman–Crippen LogP) is 1.00. The molecule has 0 bridgehead atoms. The fourth-order valence-corrected chi connectivity index (χ4v) is 1.04. The van der Waals surface area contributed by atoms with E-state index in [2.05, 4.69) is 9.97 Å². The number of H-pyrrole nitrogens is 2. The highest BCUT2D eigenvalue weighted by molar-refractivity contribution is 7.71. The molecule has 12 heavy (non-hydrogen) atoms. The van der Waals surface area contributed by atoms with E-state index in [1.165, 1.54) is 0 Å². The third kappa shape index (κ3) is 3.08. The summed E-state index contributed by atoms with van der Waals surface area (Å²) in [6, 6.07) is 0. The maximum absolute atomic E-state index is 11.1. The summed E-state index contributed by atoms with van der Waals surface area (Å²) in [4.78, 5) is 16.4. The van der Waals surface area contributed by atoms with Crippen molar-refractivity contribution >= 4 is 35.3 Å². The summed E-state index contributed by atoms with van der Waals surface area (Å²) in [6.45, 7) is 2.03. The molecule has 2 radical (unpaired) electrons. The Balaban J connectivity index is 0.00000121. The van der Waals surface area contributed by atoms with Gasteiger partial charge in [0.05, 0.1) is 0 Å². The van der Waals surface area contributed by atoms with Gasteiger partial charge in [0, 0.05) is 34.8 Å². The van der Waals surface area contributed by atoms with Crippen LogP contribution in [0, 0.1) is 4.77 Å². The van der Waals surface area contributed by atoms with Gasteiger partial charge in [-0.25, -0.2) is 0 Å². The molecule has 1 rings (SSSR count). The summed E-state index contributed by atoms with van der Waals surface area (Å²) in [7, 11) is 0. The molecular weight excluding hydrogens is 184 g/mol. The van der Waals surface area contributed by atoms with E-state index in [0.29, 0.717) is 4.77 Å². The van der Waals surface area contributed by atoms with E-state index in [0.717, 1.165) is 18.4 Å². The lowest BCUT2D eigenvalue weighted by Crippen LogP contribution is -2.12. The fraction of sp³-hybridized carbons (Fsp3) is 0.429. The van der Waals surface area contributed by atoms with Gasteiger partial charge in [0.25, 0.3) is 5.56 Å². The van der Waals surface area contributed by atoms with Gasteiger partial charge < -0.3 is 4.98 Å².